The van der Waals surface area contributed by atoms with E-state index in [0.29, 0.717) is 0 Å². The lowest BCUT2D eigenvalue weighted by Gasteiger charge is -2.13. The number of hydrogen-bond acceptors (Lipinski definition) is 5. The zero-order valence-corrected chi connectivity index (χ0v) is 10.7. The van der Waals surface area contributed by atoms with Gasteiger partial charge in [0.05, 0.1) is 12.1 Å². The van der Waals surface area contributed by atoms with Gasteiger partial charge in [-0.25, -0.2) is 10.9 Å². The third-order valence-corrected chi connectivity index (χ3v) is 3.15. The maximum absolute atomic E-state index is 9.03. The Morgan fingerprint density at radius 3 is 2.30 bits per heavy atom. The molecule has 0 spiro atoms. The molecule has 20 heavy (non-hydrogen) atoms. The summed E-state index contributed by atoms with van der Waals surface area (Å²) in [5.74, 6) is 1.57. The van der Waals surface area contributed by atoms with E-state index in [1.54, 1.807) is 0 Å². The van der Waals surface area contributed by atoms with Gasteiger partial charge in [0.1, 0.15) is 17.5 Å². The quantitative estimate of drug-likeness (QED) is 0.793. The van der Waals surface area contributed by atoms with Crippen LogP contribution in [-0.4, -0.2) is 6.04 Å². The summed E-state index contributed by atoms with van der Waals surface area (Å²) < 4.78 is 5.73. The average molecular weight is 266 g/mol. The molecule has 1 aliphatic rings. The predicted octanol–water partition coefficient (Wildman–Crippen LogP) is 2.02. The van der Waals surface area contributed by atoms with Crippen LogP contribution in [0.1, 0.15) is 11.6 Å². The third-order valence-electron chi connectivity index (χ3n) is 3.15. The Hall–Kier alpha value is -2.39. The van der Waals surface area contributed by atoms with Crippen molar-refractivity contribution in [2.45, 2.75) is 12.1 Å². The van der Waals surface area contributed by atoms with Crippen LogP contribution in [0.2, 0.25) is 0 Å². The van der Waals surface area contributed by atoms with Crippen molar-refractivity contribution in [3.8, 4) is 17.6 Å². The minimum absolute atomic E-state index is 0.0780. The fraction of sp³-hybridized carbons (Fsp3) is 0.133. The van der Waals surface area contributed by atoms with E-state index in [4.69, 9.17) is 10.00 Å². The zero-order valence-electron chi connectivity index (χ0n) is 10.7. The first-order valence-corrected chi connectivity index (χ1v) is 6.35. The van der Waals surface area contributed by atoms with Crippen molar-refractivity contribution in [2.75, 3.05) is 0 Å². The molecule has 1 saturated heterocycles. The molecular weight excluding hydrogens is 252 g/mol. The third kappa shape index (κ3) is 2.63. The first-order valence-electron chi connectivity index (χ1n) is 6.35. The van der Waals surface area contributed by atoms with Crippen LogP contribution in [0.25, 0.3) is 0 Å². The summed E-state index contributed by atoms with van der Waals surface area (Å²) in [4.78, 5) is 0. The summed E-state index contributed by atoms with van der Waals surface area (Å²) in [6.07, 6.45) is 0. The summed E-state index contributed by atoms with van der Waals surface area (Å²) >= 11 is 0. The smallest absolute Gasteiger partial charge is 0.130 e. The number of para-hydroxylation sites is 1. The molecule has 0 radical (unpaired) electrons. The van der Waals surface area contributed by atoms with Gasteiger partial charge in [-0.1, -0.05) is 30.3 Å². The van der Waals surface area contributed by atoms with E-state index >= 15 is 0 Å². The summed E-state index contributed by atoms with van der Waals surface area (Å²) in [5.41, 5.74) is 9.67. The first kappa shape index (κ1) is 12.6. The molecule has 5 nitrogen and oxygen atoms in total. The number of nitrogens with one attached hydrogen (secondary N) is 3. The lowest BCUT2D eigenvalue weighted by Crippen LogP contribution is -2.32. The average Bonchev–Trinajstić information content (AvgIpc) is 2.98. The zero-order chi connectivity index (χ0) is 13.8. The van der Waals surface area contributed by atoms with Crippen molar-refractivity contribution in [2.24, 2.45) is 0 Å². The van der Waals surface area contributed by atoms with Crippen LogP contribution in [-0.2, 0) is 0 Å². The second kappa shape index (κ2) is 5.72. The van der Waals surface area contributed by atoms with E-state index in [9.17, 15) is 0 Å². The predicted molar refractivity (Wildman–Crippen MR) is 74.5 cm³/mol. The molecular formula is C15H14N4O. The molecule has 2 unspecified atom stereocenters. The molecule has 0 aromatic heterocycles. The Bertz CT molecular complexity index is 606. The highest BCUT2D eigenvalue weighted by Gasteiger charge is 2.27. The molecule has 0 bridgehead atoms. The van der Waals surface area contributed by atoms with Crippen LogP contribution in [0.3, 0.4) is 0 Å². The van der Waals surface area contributed by atoms with Gasteiger partial charge in [0, 0.05) is 0 Å². The normalized spacial score (nSPS) is 21.4. The van der Waals surface area contributed by atoms with Gasteiger partial charge in [-0.3, -0.25) is 0 Å². The molecule has 2 atom stereocenters. The lowest BCUT2D eigenvalue weighted by atomic mass is 10.0. The summed E-state index contributed by atoms with van der Waals surface area (Å²) in [6, 6.07) is 19.2. The van der Waals surface area contributed by atoms with Gasteiger partial charge in [-0.05, 0) is 29.8 Å². The molecule has 1 fully saturated rings. The number of nitriles is 1. The van der Waals surface area contributed by atoms with E-state index in [1.807, 2.05) is 54.6 Å². The molecule has 5 heteroatoms. The van der Waals surface area contributed by atoms with Gasteiger partial charge in [0.2, 0.25) is 0 Å². The van der Waals surface area contributed by atoms with Gasteiger partial charge in [0.15, 0.2) is 0 Å². The van der Waals surface area contributed by atoms with Gasteiger partial charge < -0.3 is 4.74 Å². The molecule has 1 heterocycles. The Balaban J connectivity index is 1.73. The highest BCUT2D eigenvalue weighted by Crippen LogP contribution is 2.24. The van der Waals surface area contributed by atoms with Crippen molar-refractivity contribution in [1.82, 2.24) is 16.4 Å². The second-order valence-electron chi connectivity index (χ2n) is 4.48. The standard InChI is InChI=1S/C15H14N4O/c16-10-14-15(18-19-17-14)11-6-8-13(9-7-11)20-12-4-2-1-3-5-12/h1-9,14-15,17-19H. The van der Waals surface area contributed by atoms with Crippen LogP contribution >= 0.6 is 0 Å². The number of benzene rings is 2. The van der Waals surface area contributed by atoms with Gasteiger partial charge in [-0.15, -0.1) is 0 Å². The van der Waals surface area contributed by atoms with E-state index < -0.39 is 0 Å². The summed E-state index contributed by atoms with van der Waals surface area (Å²) in [7, 11) is 0. The minimum Gasteiger partial charge on any atom is -0.457 e. The Morgan fingerprint density at radius 1 is 0.900 bits per heavy atom. The van der Waals surface area contributed by atoms with Crippen LogP contribution in [0.4, 0.5) is 0 Å². The molecule has 2 aromatic carbocycles. The topological polar surface area (TPSA) is 69.1 Å². The highest BCUT2D eigenvalue weighted by molar-refractivity contribution is 5.35. The molecule has 0 aliphatic carbocycles. The van der Waals surface area contributed by atoms with E-state index in [1.165, 1.54) is 0 Å². The van der Waals surface area contributed by atoms with Crippen LogP contribution in [0, 0.1) is 11.3 Å². The number of hydrogen-bond donors (Lipinski definition) is 3. The Morgan fingerprint density at radius 2 is 1.60 bits per heavy atom. The molecule has 0 amide bonds. The largest absolute Gasteiger partial charge is 0.457 e. The van der Waals surface area contributed by atoms with E-state index in [-0.39, 0.29) is 12.1 Å². The molecule has 1 aliphatic heterocycles. The molecule has 2 aromatic rings. The lowest BCUT2D eigenvalue weighted by molar-refractivity contribution is 0.481. The maximum atomic E-state index is 9.03. The van der Waals surface area contributed by atoms with Crippen LogP contribution in [0.15, 0.2) is 54.6 Å². The number of rotatable bonds is 3. The molecule has 3 N–H and O–H groups in total. The maximum Gasteiger partial charge on any atom is 0.130 e. The van der Waals surface area contributed by atoms with Crippen LogP contribution in [0.5, 0.6) is 11.5 Å². The number of nitrogens with zero attached hydrogens (tertiary/aromatic N) is 1. The van der Waals surface area contributed by atoms with Gasteiger partial charge in [0.25, 0.3) is 0 Å². The summed E-state index contributed by atoms with van der Waals surface area (Å²) in [5, 5.41) is 9.03. The monoisotopic (exact) mass is 266 g/mol. The molecule has 3 rings (SSSR count). The van der Waals surface area contributed by atoms with E-state index in [2.05, 4.69) is 22.5 Å². The van der Waals surface area contributed by atoms with Crippen molar-refractivity contribution in [3.63, 3.8) is 0 Å². The van der Waals surface area contributed by atoms with Crippen molar-refractivity contribution >= 4 is 0 Å². The number of hydrazine groups is 2. The highest BCUT2D eigenvalue weighted by atomic mass is 16.5. The van der Waals surface area contributed by atoms with Crippen molar-refractivity contribution in [3.05, 3.63) is 60.2 Å². The minimum atomic E-state index is -0.295. The van der Waals surface area contributed by atoms with E-state index in [0.717, 1.165) is 17.1 Å². The summed E-state index contributed by atoms with van der Waals surface area (Å²) in [6.45, 7) is 0. The fourth-order valence-electron chi connectivity index (χ4n) is 2.11. The van der Waals surface area contributed by atoms with Crippen LogP contribution < -0.4 is 21.1 Å². The molecule has 100 valence electrons. The SMILES string of the molecule is N#CC1NNNC1c1ccc(Oc2ccccc2)cc1. The first-order chi connectivity index (χ1) is 9.86. The Labute approximate surface area is 117 Å². The van der Waals surface area contributed by atoms with Gasteiger partial charge >= 0.3 is 0 Å². The second-order valence-corrected chi connectivity index (χ2v) is 4.48. The van der Waals surface area contributed by atoms with Gasteiger partial charge in [-0.2, -0.15) is 10.8 Å². The molecule has 0 saturated carbocycles. The van der Waals surface area contributed by atoms with Crippen molar-refractivity contribution in [1.29, 1.82) is 5.26 Å². The Kier molecular flexibility index (Phi) is 3.61. The number of ether oxygens (including phenoxy) is 1. The fourth-order valence-corrected chi connectivity index (χ4v) is 2.11. The van der Waals surface area contributed by atoms with Crippen molar-refractivity contribution < 1.29 is 4.74 Å².